The van der Waals surface area contributed by atoms with E-state index in [1.54, 1.807) is 16.0 Å². The van der Waals surface area contributed by atoms with E-state index in [2.05, 4.69) is 20.9 Å². The van der Waals surface area contributed by atoms with Crippen LogP contribution >= 0.6 is 0 Å². The fourth-order valence-electron chi connectivity index (χ4n) is 5.97. The third-order valence-corrected chi connectivity index (χ3v) is 8.31. The fourth-order valence-corrected chi connectivity index (χ4v) is 5.97. The number of hydrogen-bond acceptors (Lipinski definition) is 3. The molecule has 230 valence electrons. The number of para-hydroxylation sites is 1. The van der Waals surface area contributed by atoms with E-state index in [-0.39, 0.29) is 36.1 Å². The number of H-pyrrole nitrogens is 1. The van der Waals surface area contributed by atoms with E-state index >= 15 is 0 Å². The molecular weight excluding hydrogens is 561 g/mol. The molecule has 43 heavy (non-hydrogen) atoms. The molecule has 2 heterocycles. The number of fused-ring (bicyclic) bond motifs is 1. The summed E-state index contributed by atoms with van der Waals surface area (Å²) in [6.45, 7) is 2.89. The second-order valence-electron chi connectivity index (χ2n) is 11.4. The van der Waals surface area contributed by atoms with Crippen LogP contribution in [-0.4, -0.2) is 70.5 Å². The number of piperazine rings is 1. The van der Waals surface area contributed by atoms with Gasteiger partial charge in [0.25, 0.3) is 0 Å². The van der Waals surface area contributed by atoms with Crippen molar-refractivity contribution in [3.63, 3.8) is 0 Å². The summed E-state index contributed by atoms with van der Waals surface area (Å²) in [7, 11) is 0. The number of nitrogens with one attached hydrogen (secondary N) is 4. The number of carbonyl (C=O) groups is 3. The summed E-state index contributed by atoms with van der Waals surface area (Å²) in [5, 5.41) is 9.35. The first kappa shape index (κ1) is 30.2. The lowest BCUT2D eigenvalue weighted by atomic mass is 9.96. The smallest absolute Gasteiger partial charge is 0.361 e. The van der Waals surface area contributed by atoms with Gasteiger partial charge in [0.15, 0.2) is 0 Å². The monoisotopic (exact) mass is 598 g/mol. The predicted octanol–water partition coefficient (Wildman–Crippen LogP) is 5.49. The van der Waals surface area contributed by atoms with E-state index in [1.165, 1.54) is 6.42 Å². The minimum atomic E-state index is -4.49. The van der Waals surface area contributed by atoms with Crippen LogP contribution in [0, 0.1) is 0 Å². The largest absolute Gasteiger partial charge is 0.416 e. The molecule has 1 saturated carbocycles. The van der Waals surface area contributed by atoms with Crippen molar-refractivity contribution in [3.8, 4) is 0 Å². The summed E-state index contributed by atoms with van der Waals surface area (Å²) in [5.41, 5.74) is 1.06. The van der Waals surface area contributed by atoms with Gasteiger partial charge in [0.05, 0.1) is 5.56 Å². The van der Waals surface area contributed by atoms with Gasteiger partial charge in [-0.05, 0) is 55.7 Å². The van der Waals surface area contributed by atoms with Gasteiger partial charge in [-0.15, -0.1) is 0 Å². The molecule has 0 radical (unpaired) electrons. The molecule has 2 aromatic carbocycles. The summed E-state index contributed by atoms with van der Waals surface area (Å²) in [4.78, 5) is 46.5. The highest BCUT2D eigenvalue weighted by Gasteiger charge is 2.35. The third kappa shape index (κ3) is 7.41. The fraction of sp³-hybridized carbons (Fsp3) is 0.452. The van der Waals surface area contributed by atoms with Crippen molar-refractivity contribution >= 4 is 34.6 Å². The SMILES string of the molecule is CC1CN(C(=O)C(Cc2c[nH]c3ccccc23)NC(=O)Nc2ccc(C(F)(F)F)cc2)CCN1C(=O)NC1CCCCC1. The van der Waals surface area contributed by atoms with E-state index < -0.39 is 23.8 Å². The summed E-state index contributed by atoms with van der Waals surface area (Å²) in [6, 6.07) is 9.90. The zero-order valence-electron chi connectivity index (χ0n) is 24.0. The Labute approximate surface area is 248 Å². The van der Waals surface area contributed by atoms with Gasteiger partial charge in [0.2, 0.25) is 5.91 Å². The lowest BCUT2D eigenvalue weighted by Gasteiger charge is -2.41. The van der Waals surface area contributed by atoms with Crippen molar-refractivity contribution in [2.75, 3.05) is 25.0 Å². The maximum absolute atomic E-state index is 13.9. The number of aromatic amines is 1. The molecule has 1 saturated heterocycles. The van der Waals surface area contributed by atoms with Gasteiger partial charge >= 0.3 is 18.2 Å². The molecule has 3 aromatic rings. The number of rotatable bonds is 6. The number of urea groups is 2. The van der Waals surface area contributed by atoms with E-state index in [0.717, 1.165) is 66.4 Å². The molecule has 2 unspecified atom stereocenters. The van der Waals surface area contributed by atoms with E-state index in [0.29, 0.717) is 19.6 Å². The summed E-state index contributed by atoms with van der Waals surface area (Å²) in [5.74, 6) is -0.299. The van der Waals surface area contributed by atoms with Gasteiger partial charge in [0.1, 0.15) is 6.04 Å². The maximum atomic E-state index is 13.9. The Hall–Kier alpha value is -4.22. The van der Waals surface area contributed by atoms with Crippen molar-refractivity contribution in [2.45, 2.75) is 69.8 Å². The van der Waals surface area contributed by atoms with Crippen LogP contribution in [0.3, 0.4) is 0 Å². The number of anilines is 1. The molecule has 0 bridgehead atoms. The number of aromatic nitrogens is 1. The average molecular weight is 599 g/mol. The minimum absolute atomic E-state index is 0.115. The van der Waals surface area contributed by atoms with Crippen LogP contribution in [0.25, 0.3) is 10.9 Å². The molecule has 2 aliphatic rings. The Kier molecular flexibility index (Phi) is 9.12. The Morgan fingerprint density at radius 2 is 1.72 bits per heavy atom. The van der Waals surface area contributed by atoms with Crippen molar-refractivity contribution < 1.29 is 27.6 Å². The summed E-state index contributed by atoms with van der Waals surface area (Å²) >= 11 is 0. The number of benzene rings is 2. The lowest BCUT2D eigenvalue weighted by Crippen LogP contribution is -2.61. The van der Waals surface area contributed by atoms with Crippen LogP contribution in [0.5, 0.6) is 0 Å². The first-order valence-electron chi connectivity index (χ1n) is 14.7. The van der Waals surface area contributed by atoms with Crippen LogP contribution < -0.4 is 16.0 Å². The van der Waals surface area contributed by atoms with Crippen LogP contribution in [-0.2, 0) is 17.4 Å². The number of hydrogen-bond donors (Lipinski definition) is 4. The molecule has 1 aliphatic carbocycles. The topological polar surface area (TPSA) is 110 Å². The molecule has 5 amide bonds. The van der Waals surface area contributed by atoms with Gasteiger partial charge in [-0.25, -0.2) is 9.59 Å². The zero-order valence-corrected chi connectivity index (χ0v) is 24.0. The van der Waals surface area contributed by atoms with Crippen molar-refractivity contribution in [1.82, 2.24) is 25.4 Å². The van der Waals surface area contributed by atoms with Crippen LogP contribution in [0.2, 0.25) is 0 Å². The molecule has 1 aliphatic heterocycles. The molecule has 2 atom stereocenters. The van der Waals surface area contributed by atoms with Crippen LogP contribution in [0.1, 0.15) is 50.2 Å². The van der Waals surface area contributed by atoms with Crippen LogP contribution in [0.4, 0.5) is 28.4 Å². The minimum Gasteiger partial charge on any atom is -0.361 e. The predicted molar refractivity (Wildman–Crippen MR) is 158 cm³/mol. The molecule has 1 aromatic heterocycles. The number of alkyl halides is 3. The Bertz CT molecular complexity index is 1430. The number of nitrogens with zero attached hydrogens (tertiary/aromatic N) is 2. The van der Waals surface area contributed by atoms with Crippen LogP contribution in [0.15, 0.2) is 54.7 Å². The Balaban J connectivity index is 1.27. The summed E-state index contributed by atoms with van der Waals surface area (Å²) in [6.07, 6.45) is 2.88. The lowest BCUT2D eigenvalue weighted by molar-refractivity contribution is -0.137. The van der Waals surface area contributed by atoms with E-state index in [4.69, 9.17) is 0 Å². The highest BCUT2D eigenvalue weighted by atomic mass is 19.4. The molecule has 9 nitrogen and oxygen atoms in total. The number of amides is 5. The highest BCUT2D eigenvalue weighted by molar-refractivity contribution is 5.94. The van der Waals surface area contributed by atoms with Gasteiger partial charge in [-0.1, -0.05) is 37.5 Å². The molecule has 4 N–H and O–H groups in total. The molecule has 0 spiro atoms. The van der Waals surface area contributed by atoms with Gasteiger partial charge < -0.3 is 30.7 Å². The van der Waals surface area contributed by atoms with Crippen molar-refractivity contribution in [1.29, 1.82) is 0 Å². The average Bonchev–Trinajstić information content (AvgIpc) is 3.39. The first-order valence-corrected chi connectivity index (χ1v) is 14.7. The molecule has 2 fully saturated rings. The Morgan fingerprint density at radius 3 is 2.42 bits per heavy atom. The van der Waals surface area contributed by atoms with E-state index in [9.17, 15) is 27.6 Å². The molecule has 12 heteroatoms. The van der Waals surface area contributed by atoms with Gasteiger partial charge in [-0.3, -0.25) is 4.79 Å². The number of carbonyl (C=O) groups excluding carboxylic acids is 3. The third-order valence-electron chi connectivity index (χ3n) is 8.31. The van der Waals surface area contributed by atoms with Crippen molar-refractivity contribution in [2.24, 2.45) is 0 Å². The molecular formula is C31H37F3N6O3. The number of halogens is 3. The maximum Gasteiger partial charge on any atom is 0.416 e. The van der Waals surface area contributed by atoms with Gasteiger partial charge in [-0.2, -0.15) is 13.2 Å². The normalized spacial score (nSPS) is 18.7. The van der Waals surface area contributed by atoms with Gasteiger partial charge in [0, 0.05) is 60.9 Å². The standard InChI is InChI=1S/C31H37F3N6O3/c1-20-19-39(15-16-40(20)30(43)37-23-7-3-2-4-8-23)28(41)27(17-21-18-35-26-10-6-5-9-25(21)26)38-29(42)36-24-13-11-22(12-14-24)31(32,33)34/h5-6,9-14,18,20,23,27,35H,2-4,7-8,15-17,19H2,1H3,(H,37,43)(H2,36,38,42). The molecule has 5 rings (SSSR count). The summed E-state index contributed by atoms with van der Waals surface area (Å²) < 4.78 is 38.8. The quantitative estimate of drug-likeness (QED) is 0.301. The second-order valence-corrected chi connectivity index (χ2v) is 11.4. The van der Waals surface area contributed by atoms with E-state index in [1.807, 2.05) is 31.2 Å². The second kappa shape index (κ2) is 13.0. The zero-order chi connectivity index (χ0) is 30.6. The highest BCUT2D eigenvalue weighted by Crippen LogP contribution is 2.30. The first-order chi connectivity index (χ1) is 20.6. The van der Waals surface area contributed by atoms with Crippen molar-refractivity contribution in [3.05, 3.63) is 65.9 Å². The Morgan fingerprint density at radius 1 is 1.00 bits per heavy atom.